The van der Waals surface area contributed by atoms with Gasteiger partial charge in [-0.2, -0.15) is 0 Å². The summed E-state index contributed by atoms with van der Waals surface area (Å²) in [5.41, 5.74) is 4.75. The van der Waals surface area contributed by atoms with Crippen molar-refractivity contribution in [2.24, 2.45) is 5.92 Å². The monoisotopic (exact) mass is 376 g/mol. The zero-order valence-corrected chi connectivity index (χ0v) is 16.5. The van der Waals surface area contributed by atoms with Crippen molar-refractivity contribution >= 4 is 17.8 Å². The zero-order chi connectivity index (χ0) is 19.3. The van der Waals surface area contributed by atoms with Crippen LogP contribution >= 0.6 is 0 Å². The highest BCUT2D eigenvalue weighted by Gasteiger charge is 2.19. The van der Waals surface area contributed by atoms with E-state index in [4.69, 9.17) is 0 Å². The molecule has 5 rings (SSSR count). The molecule has 1 saturated heterocycles. The average Bonchev–Trinajstić information content (AvgIpc) is 3.26. The number of hydrogen-bond donors (Lipinski definition) is 1. The molecule has 0 bridgehead atoms. The number of nitrogens with one attached hydrogen (secondary N) is 1. The number of carbonyl (C=O) groups is 1. The third-order valence-electron chi connectivity index (χ3n) is 5.42. The van der Waals surface area contributed by atoms with Crippen molar-refractivity contribution in [3.05, 3.63) is 54.2 Å². The minimum Gasteiger partial charge on any atom is -0.372 e. The molecule has 2 fully saturated rings. The van der Waals surface area contributed by atoms with Crippen molar-refractivity contribution in [1.82, 2.24) is 14.3 Å². The van der Waals surface area contributed by atoms with Gasteiger partial charge in [-0.05, 0) is 62.0 Å². The minimum atomic E-state index is 0.454. The predicted octanol–water partition coefficient (Wildman–Crippen LogP) is 4.23. The molecule has 1 aliphatic carbocycles. The first-order chi connectivity index (χ1) is 13.8. The Morgan fingerprint density at radius 1 is 1.11 bits per heavy atom. The molecule has 0 unspecified atom stereocenters. The number of benzene rings is 1. The number of pyridine rings is 1. The number of rotatable bonds is 5. The van der Waals surface area contributed by atoms with Gasteiger partial charge in [0.2, 0.25) is 0 Å². The van der Waals surface area contributed by atoms with E-state index >= 15 is 0 Å². The van der Waals surface area contributed by atoms with E-state index in [1.54, 1.807) is 0 Å². The van der Waals surface area contributed by atoms with Gasteiger partial charge in [-0.25, -0.2) is 4.98 Å². The topological polar surface area (TPSA) is 49.6 Å². The molecule has 1 saturated carbocycles. The molecule has 146 valence electrons. The number of nitrogens with zero attached hydrogens (tertiary/aromatic N) is 3. The number of likely N-dealkylation sites (tertiary alicyclic amines) is 1. The number of carbonyl (C=O) groups excluding carboxylic acids is 1. The summed E-state index contributed by atoms with van der Waals surface area (Å²) >= 11 is 0. The Morgan fingerprint density at radius 3 is 2.46 bits per heavy atom. The van der Waals surface area contributed by atoms with Gasteiger partial charge in [0.05, 0.1) is 11.9 Å². The summed E-state index contributed by atoms with van der Waals surface area (Å²) in [5.74, 6) is 1.35. The number of aldehydes is 1. The third kappa shape index (κ3) is 4.42. The number of aromatic nitrogens is 2. The second-order valence-electron chi connectivity index (χ2n) is 7.67. The Morgan fingerprint density at radius 2 is 1.86 bits per heavy atom. The molecule has 1 aliphatic heterocycles. The highest BCUT2D eigenvalue weighted by atomic mass is 16.1. The molecule has 0 atom stereocenters. The summed E-state index contributed by atoms with van der Waals surface area (Å²) in [5, 5.41) is 3.11. The van der Waals surface area contributed by atoms with Gasteiger partial charge >= 0.3 is 0 Å². The van der Waals surface area contributed by atoms with Gasteiger partial charge in [0.15, 0.2) is 0 Å². The summed E-state index contributed by atoms with van der Waals surface area (Å²) in [6.07, 6.45) is 8.04. The van der Waals surface area contributed by atoms with Crippen LogP contribution in [0.4, 0.5) is 5.82 Å². The highest BCUT2D eigenvalue weighted by Crippen LogP contribution is 2.25. The molecule has 28 heavy (non-hydrogen) atoms. The first-order valence-corrected chi connectivity index (χ1v) is 10.2. The molecule has 5 heteroatoms. The largest absolute Gasteiger partial charge is 0.372 e. The molecule has 0 amide bonds. The van der Waals surface area contributed by atoms with Crippen LogP contribution in [0.2, 0.25) is 0 Å². The molecule has 3 aromatic rings. The maximum absolute atomic E-state index is 9.57. The quantitative estimate of drug-likeness (QED) is 0.677. The van der Waals surface area contributed by atoms with Crippen molar-refractivity contribution in [3.63, 3.8) is 0 Å². The number of fused-ring (bicyclic) bond motifs is 1. The van der Waals surface area contributed by atoms with Gasteiger partial charge in [-0.1, -0.05) is 30.3 Å². The van der Waals surface area contributed by atoms with Crippen molar-refractivity contribution in [2.75, 3.05) is 25.5 Å². The average molecular weight is 377 g/mol. The third-order valence-corrected chi connectivity index (χ3v) is 5.42. The number of imidazole rings is 1. The first-order valence-electron chi connectivity index (χ1n) is 10.2. The van der Waals surface area contributed by atoms with Crippen molar-refractivity contribution in [3.8, 4) is 11.3 Å². The Hall–Kier alpha value is -2.66. The van der Waals surface area contributed by atoms with Gasteiger partial charge in [0.1, 0.15) is 17.8 Å². The molecule has 5 nitrogen and oxygen atoms in total. The molecule has 1 N–H and O–H groups in total. The lowest BCUT2D eigenvalue weighted by Gasteiger charge is -2.15. The fourth-order valence-corrected chi connectivity index (χ4v) is 3.58. The Bertz CT molecular complexity index is 921. The van der Waals surface area contributed by atoms with Crippen molar-refractivity contribution in [1.29, 1.82) is 0 Å². The normalized spacial score (nSPS) is 16.6. The maximum atomic E-state index is 9.57. The van der Waals surface area contributed by atoms with Crippen LogP contribution in [0.1, 0.15) is 31.2 Å². The Kier molecular flexibility index (Phi) is 5.72. The summed E-state index contributed by atoms with van der Waals surface area (Å²) < 4.78 is 2.14. The summed E-state index contributed by atoms with van der Waals surface area (Å²) in [4.78, 5) is 16.6. The van der Waals surface area contributed by atoms with E-state index in [0.717, 1.165) is 37.1 Å². The van der Waals surface area contributed by atoms with E-state index in [9.17, 15) is 4.79 Å². The first kappa shape index (κ1) is 18.7. The van der Waals surface area contributed by atoms with Crippen LogP contribution in [0.3, 0.4) is 0 Å². The van der Waals surface area contributed by atoms with Gasteiger partial charge in [-0.15, -0.1) is 0 Å². The van der Waals surface area contributed by atoms with Crippen molar-refractivity contribution < 1.29 is 4.79 Å². The van der Waals surface area contributed by atoms with Gasteiger partial charge in [0, 0.05) is 19.5 Å². The Balaban J connectivity index is 0.000000336. The zero-order valence-electron chi connectivity index (χ0n) is 16.5. The van der Waals surface area contributed by atoms with E-state index in [2.05, 4.69) is 56.0 Å². The van der Waals surface area contributed by atoms with Crippen LogP contribution in [0.15, 0.2) is 48.7 Å². The van der Waals surface area contributed by atoms with Crippen LogP contribution in [-0.4, -0.2) is 40.7 Å². The molecular formula is C23H28N4O. The standard InChI is InChI=1S/C19H22N4.C4H6O/c1-20-18-14-23-17(5-4-6-19(23)21-18)16-9-7-15(8-10-16)13-22-11-2-3-12-22;5-3-4-1-2-4/h4-10,14,20H,2-3,11-13H2,1H3;3-4H,1-2H2. The summed E-state index contributed by atoms with van der Waals surface area (Å²) in [6.45, 7) is 3.55. The van der Waals surface area contributed by atoms with Crippen LogP contribution in [-0.2, 0) is 11.3 Å². The molecule has 0 spiro atoms. The van der Waals surface area contributed by atoms with E-state index in [1.807, 2.05) is 19.3 Å². The van der Waals surface area contributed by atoms with Gasteiger partial charge in [-0.3, -0.25) is 9.30 Å². The summed E-state index contributed by atoms with van der Waals surface area (Å²) in [6, 6.07) is 15.2. The molecule has 3 heterocycles. The lowest BCUT2D eigenvalue weighted by atomic mass is 10.1. The SMILES string of the molecule is CNc1cn2c(-c3ccc(CN4CCCC4)cc3)cccc2n1.O=CC1CC1. The summed E-state index contributed by atoms with van der Waals surface area (Å²) in [7, 11) is 1.90. The fraction of sp³-hybridized carbons (Fsp3) is 0.391. The van der Waals surface area contributed by atoms with E-state index in [1.165, 1.54) is 42.8 Å². The fourth-order valence-electron chi connectivity index (χ4n) is 3.58. The molecule has 0 radical (unpaired) electrons. The van der Waals surface area contributed by atoms with Gasteiger partial charge < -0.3 is 10.1 Å². The van der Waals surface area contributed by atoms with Crippen LogP contribution in [0.5, 0.6) is 0 Å². The molecular weight excluding hydrogens is 348 g/mol. The van der Waals surface area contributed by atoms with Crippen molar-refractivity contribution in [2.45, 2.75) is 32.2 Å². The molecule has 1 aromatic carbocycles. The van der Waals surface area contributed by atoms with Gasteiger partial charge in [0.25, 0.3) is 0 Å². The van der Waals surface area contributed by atoms with Crippen LogP contribution in [0, 0.1) is 5.92 Å². The molecule has 2 aromatic heterocycles. The Labute approximate surface area is 166 Å². The van der Waals surface area contributed by atoms with E-state index in [0.29, 0.717) is 5.92 Å². The van der Waals surface area contributed by atoms with E-state index in [-0.39, 0.29) is 0 Å². The van der Waals surface area contributed by atoms with Crippen LogP contribution in [0.25, 0.3) is 16.9 Å². The maximum Gasteiger partial charge on any atom is 0.145 e. The second kappa shape index (κ2) is 8.57. The smallest absolute Gasteiger partial charge is 0.145 e. The minimum absolute atomic E-state index is 0.454. The van der Waals surface area contributed by atoms with Crippen LogP contribution < -0.4 is 5.32 Å². The molecule has 2 aliphatic rings. The second-order valence-corrected chi connectivity index (χ2v) is 7.67. The highest BCUT2D eigenvalue weighted by molar-refractivity contribution is 5.65. The number of anilines is 1. The lowest BCUT2D eigenvalue weighted by Crippen LogP contribution is -2.18. The lowest BCUT2D eigenvalue weighted by molar-refractivity contribution is -0.108. The number of hydrogen-bond acceptors (Lipinski definition) is 4. The predicted molar refractivity (Wildman–Crippen MR) is 113 cm³/mol. The van der Waals surface area contributed by atoms with E-state index < -0.39 is 0 Å².